The molecule has 2 aromatic rings. The second-order valence-corrected chi connectivity index (χ2v) is 4.73. The average molecular weight is 304 g/mol. The lowest BCUT2D eigenvalue weighted by molar-refractivity contribution is -0.115. The maximum absolute atomic E-state index is 12.0. The third kappa shape index (κ3) is 4.29. The van der Waals surface area contributed by atoms with Crippen LogP contribution in [0, 0.1) is 0 Å². The van der Waals surface area contributed by atoms with Crippen LogP contribution in [0.15, 0.2) is 42.6 Å². The number of aromatic nitrogens is 1. The topological polar surface area (TPSA) is 71.1 Å². The van der Waals surface area contributed by atoms with E-state index in [9.17, 15) is 9.59 Å². The van der Waals surface area contributed by atoms with Crippen LogP contribution in [0.1, 0.15) is 23.7 Å². The molecule has 5 nitrogen and oxygen atoms in total. The largest absolute Gasteiger partial charge is 0.325 e. The van der Waals surface area contributed by atoms with E-state index in [0.717, 1.165) is 0 Å². The predicted octanol–water partition coefficient (Wildman–Crippen LogP) is 3.34. The van der Waals surface area contributed by atoms with E-state index in [1.807, 2.05) is 0 Å². The van der Waals surface area contributed by atoms with Crippen molar-refractivity contribution in [1.82, 2.24) is 4.98 Å². The molecule has 0 bridgehead atoms. The quantitative estimate of drug-likeness (QED) is 0.910. The Kier molecular flexibility index (Phi) is 4.90. The molecule has 0 radical (unpaired) electrons. The van der Waals surface area contributed by atoms with E-state index in [2.05, 4.69) is 15.6 Å². The second kappa shape index (κ2) is 6.85. The van der Waals surface area contributed by atoms with Gasteiger partial charge in [0, 0.05) is 17.0 Å². The van der Waals surface area contributed by atoms with Crippen molar-refractivity contribution >= 4 is 34.9 Å². The van der Waals surface area contributed by atoms with E-state index >= 15 is 0 Å². The van der Waals surface area contributed by atoms with Gasteiger partial charge in [-0.15, -0.1) is 0 Å². The first kappa shape index (κ1) is 15.0. The molecule has 1 aromatic carbocycles. The standard InChI is InChI=1S/C15H14ClN3O2/c1-2-14(20)18-12-6-7-13(17-9-12)19-15(21)10-4-3-5-11(16)8-10/h3-9H,2H2,1H3,(H,18,20)(H,17,19,21). The SMILES string of the molecule is CCC(=O)Nc1ccc(NC(=O)c2cccc(Cl)c2)nc1. The zero-order chi connectivity index (χ0) is 15.2. The van der Waals surface area contributed by atoms with Gasteiger partial charge in [-0.25, -0.2) is 4.98 Å². The fourth-order valence-corrected chi connectivity index (χ4v) is 1.80. The van der Waals surface area contributed by atoms with Crippen LogP contribution in [0.25, 0.3) is 0 Å². The third-order valence-corrected chi connectivity index (χ3v) is 2.93. The Bertz CT molecular complexity index is 656. The van der Waals surface area contributed by atoms with E-state index in [0.29, 0.717) is 28.5 Å². The summed E-state index contributed by atoms with van der Waals surface area (Å²) in [5, 5.41) is 5.83. The number of halogens is 1. The summed E-state index contributed by atoms with van der Waals surface area (Å²) in [4.78, 5) is 27.3. The van der Waals surface area contributed by atoms with Crippen LogP contribution in [0.4, 0.5) is 11.5 Å². The maximum atomic E-state index is 12.0. The number of amides is 2. The zero-order valence-electron chi connectivity index (χ0n) is 11.4. The fourth-order valence-electron chi connectivity index (χ4n) is 1.61. The summed E-state index contributed by atoms with van der Waals surface area (Å²) in [6, 6.07) is 9.93. The molecule has 0 atom stereocenters. The Labute approximate surface area is 127 Å². The minimum Gasteiger partial charge on any atom is -0.325 e. The van der Waals surface area contributed by atoms with Gasteiger partial charge in [0.25, 0.3) is 5.91 Å². The van der Waals surface area contributed by atoms with Crippen LogP contribution in [-0.2, 0) is 4.79 Å². The van der Waals surface area contributed by atoms with Crippen LogP contribution in [0.3, 0.4) is 0 Å². The molecular weight excluding hydrogens is 290 g/mol. The normalized spacial score (nSPS) is 10.0. The highest BCUT2D eigenvalue weighted by Gasteiger charge is 2.07. The Hall–Kier alpha value is -2.40. The molecule has 6 heteroatoms. The lowest BCUT2D eigenvalue weighted by Crippen LogP contribution is -2.13. The molecule has 0 spiro atoms. The Morgan fingerprint density at radius 2 is 2.00 bits per heavy atom. The van der Waals surface area contributed by atoms with Gasteiger partial charge in [0.1, 0.15) is 5.82 Å². The number of anilines is 2. The summed E-state index contributed by atoms with van der Waals surface area (Å²) in [6.07, 6.45) is 1.88. The van der Waals surface area contributed by atoms with Crippen molar-refractivity contribution in [3.8, 4) is 0 Å². The van der Waals surface area contributed by atoms with Gasteiger partial charge in [-0.3, -0.25) is 9.59 Å². The lowest BCUT2D eigenvalue weighted by atomic mass is 10.2. The van der Waals surface area contributed by atoms with Crippen molar-refractivity contribution < 1.29 is 9.59 Å². The summed E-state index contributed by atoms with van der Waals surface area (Å²) in [5.41, 5.74) is 1.04. The Balaban J connectivity index is 2.03. The van der Waals surface area contributed by atoms with Crippen molar-refractivity contribution in [2.75, 3.05) is 10.6 Å². The minimum absolute atomic E-state index is 0.0903. The fraction of sp³-hybridized carbons (Fsp3) is 0.133. The Morgan fingerprint density at radius 1 is 1.19 bits per heavy atom. The summed E-state index contributed by atoms with van der Waals surface area (Å²) in [6.45, 7) is 1.77. The highest BCUT2D eigenvalue weighted by Crippen LogP contribution is 2.14. The molecule has 1 heterocycles. The van der Waals surface area contributed by atoms with Crippen LogP contribution in [0.5, 0.6) is 0 Å². The summed E-state index contributed by atoms with van der Waals surface area (Å²) in [7, 11) is 0. The summed E-state index contributed by atoms with van der Waals surface area (Å²) < 4.78 is 0. The number of nitrogens with one attached hydrogen (secondary N) is 2. The van der Waals surface area contributed by atoms with Crippen molar-refractivity contribution in [2.45, 2.75) is 13.3 Å². The monoisotopic (exact) mass is 303 g/mol. The number of carbonyl (C=O) groups excluding carboxylic acids is 2. The van der Waals surface area contributed by atoms with Crippen LogP contribution in [-0.4, -0.2) is 16.8 Å². The van der Waals surface area contributed by atoms with E-state index in [1.54, 1.807) is 43.3 Å². The molecule has 21 heavy (non-hydrogen) atoms. The molecule has 2 N–H and O–H groups in total. The smallest absolute Gasteiger partial charge is 0.256 e. The van der Waals surface area contributed by atoms with E-state index in [-0.39, 0.29) is 11.8 Å². The first-order valence-corrected chi connectivity index (χ1v) is 6.79. The van der Waals surface area contributed by atoms with Gasteiger partial charge in [0.15, 0.2) is 0 Å². The number of rotatable bonds is 4. The molecule has 0 aliphatic carbocycles. The molecule has 2 amide bonds. The van der Waals surface area contributed by atoms with Crippen molar-refractivity contribution in [1.29, 1.82) is 0 Å². The molecule has 0 aliphatic rings. The van der Waals surface area contributed by atoms with Crippen molar-refractivity contribution in [2.24, 2.45) is 0 Å². The molecule has 108 valence electrons. The van der Waals surface area contributed by atoms with Gasteiger partial charge < -0.3 is 10.6 Å². The molecule has 0 saturated carbocycles. The first-order chi connectivity index (χ1) is 10.1. The zero-order valence-corrected chi connectivity index (χ0v) is 12.1. The van der Waals surface area contributed by atoms with Crippen molar-refractivity contribution in [3.05, 3.63) is 53.2 Å². The van der Waals surface area contributed by atoms with Gasteiger partial charge >= 0.3 is 0 Å². The number of pyridine rings is 1. The molecule has 1 aromatic heterocycles. The Morgan fingerprint density at radius 3 is 2.62 bits per heavy atom. The van der Waals surface area contributed by atoms with Gasteiger partial charge in [-0.1, -0.05) is 24.6 Å². The van der Waals surface area contributed by atoms with E-state index in [4.69, 9.17) is 11.6 Å². The van der Waals surface area contributed by atoms with E-state index < -0.39 is 0 Å². The predicted molar refractivity (Wildman–Crippen MR) is 82.6 cm³/mol. The number of hydrogen-bond acceptors (Lipinski definition) is 3. The molecule has 0 aliphatic heterocycles. The van der Waals surface area contributed by atoms with Crippen molar-refractivity contribution in [3.63, 3.8) is 0 Å². The molecular formula is C15H14ClN3O2. The average Bonchev–Trinajstić information content (AvgIpc) is 2.49. The van der Waals surface area contributed by atoms with Gasteiger partial charge in [0.05, 0.1) is 11.9 Å². The molecule has 2 rings (SSSR count). The summed E-state index contributed by atoms with van der Waals surface area (Å²) >= 11 is 5.84. The molecule has 0 unspecified atom stereocenters. The highest BCUT2D eigenvalue weighted by molar-refractivity contribution is 6.31. The van der Waals surface area contributed by atoms with Crippen LogP contribution < -0.4 is 10.6 Å². The number of nitrogens with zero attached hydrogens (tertiary/aromatic N) is 1. The number of hydrogen-bond donors (Lipinski definition) is 2. The first-order valence-electron chi connectivity index (χ1n) is 6.41. The van der Waals surface area contributed by atoms with Crippen LogP contribution in [0.2, 0.25) is 5.02 Å². The maximum Gasteiger partial charge on any atom is 0.256 e. The van der Waals surface area contributed by atoms with Gasteiger partial charge in [-0.2, -0.15) is 0 Å². The minimum atomic E-state index is -0.296. The van der Waals surface area contributed by atoms with Gasteiger partial charge in [-0.05, 0) is 30.3 Å². The molecule has 0 saturated heterocycles. The second-order valence-electron chi connectivity index (χ2n) is 4.30. The lowest BCUT2D eigenvalue weighted by Gasteiger charge is -2.06. The van der Waals surface area contributed by atoms with Crippen LogP contribution >= 0.6 is 11.6 Å². The third-order valence-electron chi connectivity index (χ3n) is 2.70. The van der Waals surface area contributed by atoms with Gasteiger partial charge in [0.2, 0.25) is 5.91 Å². The number of carbonyl (C=O) groups is 2. The van der Waals surface area contributed by atoms with E-state index in [1.165, 1.54) is 6.20 Å². The molecule has 0 fully saturated rings. The number of benzene rings is 1. The highest BCUT2D eigenvalue weighted by atomic mass is 35.5. The summed E-state index contributed by atoms with van der Waals surface area (Å²) in [5.74, 6) is 0.0114.